The number of carbonyl (C=O) groups excluding carboxylic acids is 3. The van der Waals surface area contributed by atoms with Crippen molar-refractivity contribution in [3.05, 3.63) is 35.0 Å². The number of nitrogens with zero attached hydrogens (tertiary/aromatic N) is 1. The lowest BCUT2D eigenvalue weighted by Crippen LogP contribution is -2.71. The Morgan fingerprint density at radius 2 is 2.17 bits per heavy atom. The molecule has 1 aromatic heterocycles. The second-order valence-electron chi connectivity index (χ2n) is 9.87. The molecule has 2 aromatic rings. The van der Waals surface area contributed by atoms with Gasteiger partial charge in [0.05, 0.1) is 28.8 Å². The van der Waals surface area contributed by atoms with E-state index in [-0.39, 0.29) is 24.8 Å². The number of aromatic amines is 1. The van der Waals surface area contributed by atoms with Crippen LogP contribution in [0.25, 0.3) is 10.9 Å². The first-order valence-electron chi connectivity index (χ1n) is 12.4. The molecular formula is C25H30ClFN4O5. The third kappa shape index (κ3) is 4.51. The summed E-state index contributed by atoms with van der Waals surface area (Å²) in [6.07, 6.45) is 1.41. The number of aliphatic hydroxyl groups is 1. The molecule has 36 heavy (non-hydrogen) atoms. The Hall–Kier alpha value is -2.53. The predicted molar refractivity (Wildman–Crippen MR) is 130 cm³/mol. The number of rotatable bonds is 8. The molecule has 4 N–H and O–H groups in total. The zero-order chi connectivity index (χ0) is 25.4. The van der Waals surface area contributed by atoms with Crippen LogP contribution in [-0.4, -0.2) is 82.9 Å². The number of hydrogen-bond donors (Lipinski definition) is 4. The van der Waals surface area contributed by atoms with Gasteiger partial charge in [-0.05, 0) is 44.2 Å². The number of aromatic nitrogens is 1. The zero-order valence-electron chi connectivity index (χ0n) is 19.8. The molecule has 1 aromatic carbocycles. The van der Waals surface area contributed by atoms with Crippen LogP contribution >= 0.6 is 11.6 Å². The summed E-state index contributed by atoms with van der Waals surface area (Å²) < 4.78 is 19.5. The Balaban J connectivity index is 1.41. The van der Waals surface area contributed by atoms with E-state index in [9.17, 15) is 23.9 Å². The first-order chi connectivity index (χ1) is 17.3. The molecule has 11 heteroatoms. The van der Waals surface area contributed by atoms with Gasteiger partial charge >= 0.3 is 0 Å². The number of benzene rings is 1. The van der Waals surface area contributed by atoms with Crippen LogP contribution in [0.2, 0.25) is 5.02 Å². The number of Topliss-reactive ketones (excluding diaryl/α,β-unsaturated/α-hetero) is 1. The summed E-state index contributed by atoms with van der Waals surface area (Å²) in [5.74, 6) is -1.70. The van der Waals surface area contributed by atoms with Crippen LogP contribution in [0, 0.1) is 5.92 Å². The smallest absolute Gasteiger partial charge is 0.270 e. The van der Waals surface area contributed by atoms with Gasteiger partial charge in [-0.1, -0.05) is 23.7 Å². The summed E-state index contributed by atoms with van der Waals surface area (Å²) in [7, 11) is 0. The van der Waals surface area contributed by atoms with Crippen LogP contribution < -0.4 is 10.6 Å². The second kappa shape index (κ2) is 10.1. The number of alkyl halides is 1. The maximum atomic E-state index is 13.7. The van der Waals surface area contributed by atoms with Crippen LogP contribution in [0.4, 0.5) is 4.39 Å². The lowest BCUT2D eigenvalue weighted by Gasteiger charge is -2.55. The van der Waals surface area contributed by atoms with Crippen molar-refractivity contribution < 1.29 is 28.6 Å². The van der Waals surface area contributed by atoms with E-state index in [1.807, 2.05) is 6.07 Å². The number of amides is 2. The number of H-pyrrole nitrogens is 1. The Morgan fingerprint density at radius 3 is 2.81 bits per heavy atom. The van der Waals surface area contributed by atoms with Gasteiger partial charge in [0.1, 0.15) is 24.6 Å². The number of fused-ring (bicyclic) bond motifs is 1. The Kier molecular flexibility index (Phi) is 7.04. The standard InChI is InChI=1S/C25H30ClFN4O5/c26-16-4-1-3-14-11-18(29-20(14)16)24(35)31-9-10-36-25(6-2-7-25)21(31)23(34)30-17(19(32)13-27)12-15-5-8-28-22(15)33/h1,3-4,11,15,17,21,23,29-30,34H,2,5-10,12-13H2,(H,28,33)/t15-,17-,21?,23?/m0/s1. The fraction of sp³-hybridized carbons (Fsp3) is 0.560. The molecule has 1 aliphatic carbocycles. The first kappa shape index (κ1) is 25.1. The van der Waals surface area contributed by atoms with Crippen LogP contribution in [-0.2, 0) is 14.3 Å². The summed E-state index contributed by atoms with van der Waals surface area (Å²) in [5, 5.41) is 18.2. The molecule has 194 valence electrons. The van der Waals surface area contributed by atoms with Crippen molar-refractivity contribution in [2.24, 2.45) is 5.92 Å². The van der Waals surface area contributed by atoms with E-state index in [4.69, 9.17) is 16.3 Å². The summed E-state index contributed by atoms with van der Waals surface area (Å²) in [6.45, 7) is -0.173. The Bertz CT molecular complexity index is 1170. The average molecular weight is 521 g/mol. The third-order valence-corrected chi connectivity index (χ3v) is 8.08. The van der Waals surface area contributed by atoms with Crippen molar-refractivity contribution in [2.45, 2.75) is 56.0 Å². The molecule has 3 heterocycles. The van der Waals surface area contributed by atoms with Crippen molar-refractivity contribution >= 4 is 40.1 Å². The number of carbonyl (C=O) groups is 3. The van der Waals surface area contributed by atoms with E-state index < -0.39 is 42.3 Å². The number of nitrogens with one attached hydrogen (secondary N) is 3. The van der Waals surface area contributed by atoms with Gasteiger partial charge in [-0.2, -0.15) is 0 Å². The highest BCUT2D eigenvalue weighted by molar-refractivity contribution is 6.35. The number of morpholine rings is 1. The van der Waals surface area contributed by atoms with E-state index in [0.29, 0.717) is 48.6 Å². The maximum absolute atomic E-state index is 13.7. The molecule has 5 rings (SSSR count). The topological polar surface area (TPSA) is 124 Å². The van der Waals surface area contributed by atoms with Gasteiger partial charge in [-0.25, -0.2) is 4.39 Å². The van der Waals surface area contributed by atoms with Gasteiger partial charge < -0.3 is 25.0 Å². The monoisotopic (exact) mass is 520 g/mol. The fourth-order valence-electron chi connectivity index (χ4n) is 5.73. The van der Waals surface area contributed by atoms with Gasteiger partial charge in [-0.15, -0.1) is 0 Å². The lowest BCUT2D eigenvalue weighted by molar-refractivity contribution is -0.204. The molecule has 4 atom stereocenters. The molecule has 0 radical (unpaired) electrons. The number of ether oxygens (including phenoxy) is 1. The SMILES string of the molecule is O=C1NCC[C@H]1C[C@H](NC(O)C1N(C(=O)c2cc3cccc(Cl)c3[nH]2)CCOC12CCC2)C(=O)CF. The molecule has 0 bridgehead atoms. The highest BCUT2D eigenvalue weighted by Crippen LogP contribution is 2.44. The quantitative estimate of drug-likeness (QED) is 0.394. The maximum Gasteiger partial charge on any atom is 0.270 e. The normalized spacial score (nSPS) is 25.0. The number of hydrogen-bond acceptors (Lipinski definition) is 6. The molecule has 2 aliphatic heterocycles. The van der Waals surface area contributed by atoms with Gasteiger partial charge in [0.15, 0.2) is 5.78 Å². The molecule has 1 spiro atoms. The van der Waals surface area contributed by atoms with Crippen molar-refractivity contribution in [1.82, 2.24) is 20.5 Å². The number of aliphatic hydroxyl groups excluding tert-OH is 1. The number of ketones is 1. The molecule has 2 amide bonds. The summed E-state index contributed by atoms with van der Waals surface area (Å²) in [6, 6.07) is 5.23. The average Bonchev–Trinajstić information content (AvgIpc) is 3.48. The van der Waals surface area contributed by atoms with Crippen LogP contribution in [0.5, 0.6) is 0 Å². The summed E-state index contributed by atoms with van der Waals surface area (Å²) in [5.41, 5.74) is 0.205. The highest BCUT2D eigenvalue weighted by atomic mass is 35.5. The van der Waals surface area contributed by atoms with Crippen molar-refractivity contribution in [1.29, 1.82) is 0 Å². The summed E-state index contributed by atoms with van der Waals surface area (Å²) >= 11 is 6.28. The van der Waals surface area contributed by atoms with E-state index in [1.54, 1.807) is 23.1 Å². The highest BCUT2D eigenvalue weighted by Gasteiger charge is 2.55. The molecular weight excluding hydrogens is 491 g/mol. The lowest BCUT2D eigenvalue weighted by atomic mass is 9.72. The van der Waals surface area contributed by atoms with E-state index in [1.165, 1.54) is 0 Å². The molecule has 2 saturated heterocycles. The molecule has 1 saturated carbocycles. The van der Waals surface area contributed by atoms with E-state index >= 15 is 0 Å². The van der Waals surface area contributed by atoms with E-state index in [0.717, 1.165) is 11.8 Å². The minimum Gasteiger partial charge on any atom is -0.376 e. The van der Waals surface area contributed by atoms with E-state index in [2.05, 4.69) is 15.6 Å². The van der Waals surface area contributed by atoms with Crippen LogP contribution in [0.15, 0.2) is 24.3 Å². The molecule has 9 nitrogen and oxygen atoms in total. The van der Waals surface area contributed by atoms with Gasteiger partial charge in [0, 0.05) is 24.4 Å². The minimum absolute atomic E-state index is 0.0701. The molecule has 3 fully saturated rings. The fourth-order valence-corrected chi connectivity index (χ4v) is 5.96. The first-order valence-corrected chi connectivity index (χ1v) is 12.7. The second-order valence-corrected chi connectivity index (χ2v) is 10.3. The molecule has 2 unspecified atom stereocenters. The largest absolute Gasteiger partial charge is 0.376 e. The Morgan fingerprint density at radius 1 is 1.36 bits per heavy atom. The Labute approximate surface area is 212 Å². The van der Waals surface area contributed by atoms with Gasteiger partial charge in [0.2, 0.25) is 5.91 Å². The van der Waals surface area contributed by atoms with Crippen molar-refractivity contribution in [2.75, 3.05) is 26.4 Å². The van der Waals surface area contributed by atoms with Gasteiger partial charge in [-0.3, -0.25) is 19.7 Å². The molecule has 3 aliphatic rings. The number of para-hydroxylation sites is 1. The van der Waals surface area contributed by atoms with Crippen LogP contribution in [0.3, 0.4) is 0 Å². The van der Waals surface area contributed by atoms with Crippen molar-refractivity contribution in [3.8, 4) is 0 Å². The van der Waals surface area contributed by atoms with Crippen molar-refractivity contribution in [3.63, 3.8) is 0 Å². The third-order valence-electron chi connectivity index (χ3n) is 7.77. The zero-order valence-corrected chi connectivity index (χ0v) is 20.5. The van der Waals surface area contributed by atoms with Gasteiger partial charge in [0.25, 0.3) is 5.91 Å². The minimum atomic E-state index is -1.37. The number of halogens is 2. The predicted octanol–water partition coefficient (Wildman–Crippen LogP) is 1.93. The summed E-state index contributed by atoms with van der Waals surface area (Å²) in [4.78, 5) is 42.9. The van der Waals surface area contributed by atoms with Crippen LogP contribution in [0.1, 0.15) is 42.6 Å².